The van der Waals surface area contributed by atoms with Crippen molar-refractivity contribution in [2.24, 2.45) is 10.9 Å². The molecule has 0 aromatic heterocycles. The number of allylic oxidation sites excluding steroid dienone is 1. The summed E-state index contributed by atoms with van der Waals surface area (Å²) in [5.74, 6) is 0.0467. The quantitative estimate of drug-likeness (QED) is 0.239. The number of carbonyl (C=O) groups is 1. The number of rotatable bonds is 4. The number of fused-ring (bicyclic) bond motifs is 1. The van der Waals surface area contributed by atoms with Crippen molar-refractivity contribution in [3.63, 3.8) is 0 Å². The predicted octanol–water partition coefficient (Wildman–Crippen LogP) is 6.06. The Balaban J connectivity index is 1.91. The van der Waals surface area contributed by atoms with Gasteiger partial charge in [0.05, 0.1) is 0 Å². The SMILES string of the molecule is CC1=C(I)C[Se]C(=Nc2ccc(C)cc2)N2C(=O)[C@H]([C@@H](C)O[Si](C)(C)C(C)(C)C)[C@@H]12. The van der Waals surface area contributed by atoms with E-state index in [4.69, 9.17) is 9.42 Å². The molecule has 2 aliphatic rings. The van der Waals surface area contributed by atoms with Crippen LogP contribution >= 0.6 is 22.6 Å². The number of nitrogens with zero attached hydrogens (tertiary/aromatic N) is 2. The molecule has 1 saturated heterocycles. The van der Waals surface area contributed by atoms with E-state index >= 15 is 0 Å². The van der Waals surface area contributed by atoms with Gasteiger partial charge in [-0.15, -0.1) is 0 Å². The fraction of sp³-hybridized carbons (Fsp3) is 0.565. The summed E-state index contributed by atoms with van der Waals surface area (Å²) in [5, 5.41) is 1.12. The maximum atomic E-state index is 13.4. The molecular formula is C23H33IN2O2SeSi. The summed E-state index contributed by atoms with van der Waals surface area (Å²) in [4.78, 5) is 20.3. The molecule has 164 valence electrons. The van der Waals surface area contributed by atoms with Crippen molar-refractivity contribution in [1.82, 2.24) is 4.90 Å². The Hall–Kier alpha value is -0.474. The Morgan fingerprint density at radius 1 is 1.23 bits per heavy atom. The standard InChI is InChI=1S/C23H33IN2O2SeSi/c1-14-9-11-17(12-10-14)25-22-26-20(15(2)18(24)13-29-22)19(21(26)27)16(3)28-30(7,8)23(4,5)6/h9-12,16,19-20H,13H2,1-8H3/t16-,19-,20-/m1/s1. The minimum absolute atomic E-state index is 0.0674. The Morgan fingerprint density at radius 3 is 2.40 bits per heavy atom. The normalized spacial score (nSPS) is 25.2. The van der Waals surface area contributed by atoms with E-state index in [1.54, 1.807) is 0 Å². The van der Waals surface area contributed by atoms with E-state index in [9.17, 15) is 4.79 Å². The van der Waals surface area contributed by atoms with Crippen LogP contribution in [0.5, 0.6) is 0 Å². The van der Waals surface area contributed by atoms with Gasteiger partial charge in [-0.3, -0.25) is 0 Å². The van der Waals surface area contributed by atoms with E-state index in [0.29, 0.717) is 0 Å². The van der Waals surface area contributed by atoms with Crippen LogP contribution in [0.3, 0.4) is 0 Å². The first-order chi connectivity index (χ1) is 13.8. The molecule has 0 unspecified atom stereocenters. The third kappa shape index (κ3) is 4.65. The van der Waals surface area contributed by atoms with E-state index in [-0.39, 0.29) is 44.0 Å². The average Bonchev–Trinajstić information content (AvgIpc) is 2.72. The fourth-order valence-corrected chi connectivity index (χ4v) is 8.29. The molecule has 0 N–H and O–H groups in total. The molecule has 3 atom stereocenters. The summed E-state index contributed by atoms with van der Waals surface area (Å²) in [6.45, 7) is 17.6. The maximum absolute atomic E-state index is 13.4. The number of β-lactam (4-membered cyclic amide) rings is 1. The Morgan fingerprint density at radius 2 is 1.83 bits per heavy atom. The van der Waals surface area contributed by atoms with Crippen LogP contribution in [0.2, 0.25) is 23.5 Å². The molecule has 2 heterocycles. The number of hydrogen-bond acceptors (Lipinski definition) is 3. The third-order valence-corrected chi connectivity index (χ3v) is 15.6. The first-order valence-corrected chi connectivity index (χ1v) is 16.5. The van der Waals surface area contributed by atoms with E-state index in [0.717, 1.165) is 15.7 Å². The zero-order valence-corrected chi connectivity index (χ0v) is 24.1. The second-order valence-corrected chi connectivity index (χ2v) is 17.9. The summed E-state index contributed by atoms with van der Waals surface area (Å²) in [7, 11) is -1.95. The zero-order chi connectivity index (χ0) is 22.4. The number of carbonyl (C=O) groups excluding carboxylic acids is 1. The molecule has 1 aromatic rings. The average molecular weight is 603 g/mol. The number of halogens is 1. The molecular weight excluding hydrogens is 570 g/mol. The molecule has 1 fully saturated rings. The summed E-state index contributed by atoms with van der Waals surface area (Å²) >= 11 is 2.60. The molecule has 4 nitrogen and oxygen atoms in total. The van der Waals surface area contributed by atoms with Crippen LogP contribution in [0.1, 0.15) is 40.2 Å². The summed E-state index contributed by atoms with van der Waals surface area (Å²) in [5.41, 5.74) is 3.45. The van der Waals surface area contributed by atoms with Crippen LogP contribution in [0.15, 0.2) is 38.4 Å². The van der Waals surface area contributed by atoms with Crippen molar-refractivity contribution in [1.29, 1.82) is 0 Å². The molecule has 0 aliphatic carbocycles. The summed E-state index contributed by atoms with van der Waals surface area (Å²) in [6.07, 6.45) is -0.0926. The van der Waals surface area contributed by atoms with E-state index < -0.39 is 8.32 Å². The number of amidine groups is 1. The van der Waals surface area contributed by atoms with Crippen molar-refractivity contribution in [3.05, 3.63) is 39.0 Å². The molecule has 7 heteroatoms. The second-order valence-electron chi connectivity index (χ2n) is 9.87. The molecule has 0 saturated carbocycles. The zero-order valence-electron chi connectivity index (χ0n) is 19.2. The van der Waals surface area contributed by atoms with Gasteiger partial charge >= 0.3 is 203 Å². The Kier molecular flexibility index (Phi) is 7.10. The Labute approximate surface area is 202 Å². The van der Waals surface area contributed by atoms with Crippen molar-refractivity contribution in [3.8, 4) is 0 Å². The van der Waals surface area contributed by atoms with Crippen LogP contribution in [-0.2, 0) is 9.22 Å². The summed E-state index contributed by atoms with van der Waals surface area (Å²) in [6, 6.07) is 8.29. The van der Waals surface area contributed by atoms with Crippen LogP contribution in [0.4, 0.5) is 5.69 Å². The van der Waals surface area contributed by atoms with Crippen LogP contribution < -0.4 is 0 Å². The van der Waals surface area contributed by atoms with Crippen LogP contribution in [0.25, 0.3) is 0 Å². The van der Waals surface area contributed by atoms with Gasteiger partial charge in [0.1, 0.15) is 0 Å². The molecule has 0 spiro atoms. The molecule has 0 bridgehead atoms. The third-order valence-electron chi connectivity index (χ3n) is 6.60. The van der Waals surface area contributed by atoms with Crippen molar-refractivity contribution < 1.29 is 9.22 Å². The molecule has 2 aliphatic heterocycles. The predicted molar refractivity (Wildman–Crippen MR) is 137 cm³/mol. The number of hydrogen-bond donors (Lipinski definition) is 0. The number of aliphatic imine (C=N–C) groups is 1. The van der Waals surface area contributed by atoms with Gasteiger partial charge in [0.2, 0.25) is 0 Å². The van der Waals surface area contributed by atoms with Gasteiger partial charge in [0, 0.05) is 0 Å². The topological polar surface area (TPSA) is 41.9 Å². The number of benzene rings is 1. The van der Waals surface area contributed by atoms with Gasteiger partial charge < -0.3 is 0 Å². The van der Waals surface area contributed by atoms with Gasteiger partial charge in [-0.1, -0.05) is 0 Å². The first-order valence-electron chi connectivity index (χ1n) is 10.5. The van der Waals surface area contributed by atoms with Crippen LogP contribution in [-0.4, -0.2) is 51.0 Å². The van der Waals surface area contributed by atoms with E-state index in [1.807, 2.05) is 17.0 Å². The van der Waals surface area contributed by atoms with Crippen molar-refractivity contribution >= 4 is 62.2 Å². The van der Waals surface area contributed by atoms with Gasteiger partial charge in [0.25, 0.3) is 0 Å². The minimum atomic E-state index is -1.95. The molecule has 1 aromatic carbocycles. The van der Waals surface area contributed by atoms with Gasteiger partial charge in [-0.25, -0.2) is 0 Å². The van der Waals surface area contributed by atoms with Gasteiger partial charge in [-0.2, -0.15) is 0 Å². The molecule has 30 heavy (non-hydrogen) atoms. The van der Waals surface area contributed by atoms with Crippen molar-refractivity contribution in [2.45, 2.75) is 77.1 Å². The summed E-state index contributed by atoms with van der Waals surface area (Å²) < 4.78 is 8.96. The van der Waals surface area contributed by atoms with E-state index in [2.05, 4.69) is 89.4 Å². The number of aryl methyl sites for hydroxylation is 1. The van der Waals surface area contributed by atoms with Gasteiger partial charge in [-0.05, 0) is 0 Å². The monoisotopic (exact) mass is 604 g/mol. The van der Waals surface area contributed by atoms with Gasteiger partial charge in [0.15, 0.2) is 0 Å². The fourth-order valence-electron chi connectivity index (χ4n) is 3.65. The number of amides is 1. The second kappa shape index (κ2) is 8.81. The van der Waals surface area contributed by atoms with E-state index in [1.165, 1.54) is 14.7 Å². The van der Waals surface area contributed by atoms with Crippen molar-refractivity contribution in [2.75, 3.05) is 0 Å². The molecule has 1 amide bonds. The van der Waals surface area contributed by atoms with Crippen LogP contribution in [0, 0.1) is 12.8 Å². The Bertz CT molecular complexity index is 889. The first kappa shape index (κ1) is 24.2. The molecule has 3 rings (SSSR count). The molecule has 0 radical (unpaired) electrons.